The number of hydrogen-bond acceptors (Lipinski definition) is 3. The van der Waals surface area contributed by atoms with Crippen LogP contribution in [0, 0.1) is 6.92 Å². The second-order valence-corrected chi connectivity index (χ2v) is 4.82. The molecule has 4 nitrogen and oxygen atoms in total. The summed E-state index contributed by atoms with van der Waals surface area (Å²) in [5, 5.41) is -0.457. The van der Waals surface area contributed by atoms with Crippen LogP contribution in [0.3, 0.4) is 0 Å². The smallest absolute Gasteiger partial charge is 0.246 e. The van der Waals surface area contributed by atoms with Crippen molar-refractivity contribution in [3.8, 4) is 0 Å². The second-order valence-electron chi connectivity index (χ2n) is 2.52. The highest BCUT2D eigenvalue weighted by Gasteiger charge is 2.08. The van der Waals surface area contributed by atoms with Crippen LogP contribution in [0.5, 0.6) is 0 Å². The van der Waals surface area contributed by atoms with Crippen LogP contribution in [0.4, 0.5) is 5.69 Å². The Balaban J connectivity index is 2.93. The number of nitrogens with zero attached hydrogens (tertiary/aromatic N) is 1. The van der Waals surface area contributed by atoms with Gasteiger partial charge in [-0.15, -0.1) is 11.6 Å². The molecule has 6 heteroatoms. The van der Waals surface area contributed by atoms with Crippen molar-refractivity contribution in [2.45, 2.75) is 6.92 Å². The number of rotatable bonds is 3. The number of alkyl halides is 1. The van der Waals surface area contributed by atoms with Crippen LogP contribution in [0.2, 0.25) is 0 Å². The number of anilines is 1. The Labute approximate surface area is 82.0 Å². The Morgan fingerprint density at radius 1 is 1.62 bits per heavy atom. The summed E-state index contributed by atoms with van der Waals surface area (Å²) in [5.74, 6) is 0. The van der Waals surface area contributed by atoms with Gasteiger partial charge in [0.1, 0.15) is 5.21 Å². The second kappa shape index (κ2) is 3.93. The summed E-state index contributed by atoms with van der Waals surface area (Å²) in [7, 11) is -3.42. The van der Waals surface area contributed by atoms with Crippen molar-refractivity contribution in [3.63, 3.8) is 0 Å². The van der Waals surface area contributed by atoms with Crippen molar-refractivity contribution < 1.29 is 8.42 Å². The van der Waals surface area contributed by atoms with Crippen LogP contribution >= 0.6 is 11.6 Å². The fourth-order valence-electron chi connectivity index (χ4n) is 0.766. The first-order valence-corrected chi connectivity index (χ1v) is 5.71. The third-order valence-corrected chi connectivity index (χ3v) is 3.13. The largest absolute Gasteiger partial charge is 0.281 e. The van der Waals surface area contributed by atoms with Crippen molar-refractivity contribution in [1.29, 1.82) is 0 Å². The molecule has 0 aliphatic rings. The van der Waals surface area contributed by atoms with Crippen LogP contribution in [-0.2, 0) is 10.0 Å². The Kier molecular flexibility index (Phi) is 3.11. The van der Waals surface area contributed by atoms with Gasteiger partial charge in [-0.3, -0.25) is 9.71 Å². The van der Waals surface area contributed by atoms with Gasteiger partial charge >= 0.3 is 0 Å². The van der Waals surface area contributed by atoms with Gasteiger partial charge in [0.05, 0.1) is 11.9 Å². The lowest BCUT2D eigenvalue weighted by Gasteiger charge is -2.06. The van der Waals surface area contributed by atoms with E-state index in [0.29, 0.717) is 5.69 Å². The van der Waals surface area contributed by atoms with E-state index in [2.05, 4.69) is 9.71 Å². The zero-order valence-electron chi connectivity index (χ0n) is 6.99. The summed E-state index contributed by atoms with van der Waals surface area (Å²) in [4.78, 5) is 3.79. The molecule has 0 aliphatic carbocycles. The fourth-order valence-corrected chi connectivity index (χ4v) is 1.53. The van der Waals surface area contributed by atoms with Crippen molar-refractivity contribution in [2.75, 3.05) is 9.93 Å². The fraction of sp³-hybridized carbons (Fsp3) is 0.286. The molecule has 0 bridgehead atoms. The molecule has 0 unspecified atom stereocenters. The van der Waals surface area contributed by atoms with E-state index in [-0.39, 0.29) is 0 Å². The first-order valence-electron chi connectivity index (χ1n) is 3.52. The first-order chi connectivity index (χ1) is 6.05. The average Bonchev–Trinajstić information content (AvgIpc) is 2.09. The van der Waals surface area contributed by atoms with E-state index in [1.165, 1.54) is 6.20 Å². The molecule has 0 aliphatic heterocycles. The molecule has 1 rings (SSSR count). The van der Waals surface area contributed by atoms with E-state index >= 15 is 0 Å². The molecule has 1 heterocycles. The Morgan fingerprint density at radius 3 is 2.85 bits per heavy atom. The number of aryl methyl sites for hydroxylation is 1. The zero-order chi connectivity index (χ0) is 9.90. The van der Waals surface area contributed by atoms with Crippen molar-refractivity contribution >= 4 is 27.3 Å². The summed E-state index contributed by atoms with van der Waals surface area (Å²) in [5.41, 5.74) is 1.27. The Morgan fingerprint density at radius 2 is 2.31 bits per heavy atom. The maximum absolute atomic E-state index is 11.1. The topological polar surface area (TPSA) is 59.1 Å². The summed E-state index contributed by atoms with van der Waals surface area (Å²) < 4.78 is 24.4. The molecule has 0 saturated carbocycles. The van der Waals surface area contributed by atoms with Crippen LogP contribution in [-0.4, -0.2) is 18.6 Å². The van der Waals surface area contributed by atoms with Gasteiger partial charge in [0.2, 0.25) is 10.0 Å². The molecule has 0 atom stereocenters. The van der Waals surface area contributed by atoms with Gasteiger partial charge in [0.25, 0.3) is 0 Å². The molecule has 0 saturated heterocycles. The number of nitrogens with one attached hydrogen (secondary N) is 1. The monoisotopic (exact) mass is 220 g/mol. The van der Waals surface area contributed by atoms with Gasteiger partial charge in [0, 0.05) is 6.20 Å². The molecule has 1 aromatic heterocycles. The SMILES string of the molecule is Cc1ccncc1NS(=O)(=O)CCl. The highest BCUT2D eigenvalue weighted by Crippen LogP contribution is 2.13. The molecule has 0 aromatic carbocycles. The average molecular weight is 221 g/mol. The molecule has 0 amide bonds. The van der Waals surface area contributed by atoms with Gasteiger partial charge in [-0.2, -0.15) is 0 Å². The minimum Gasteiger partial charge on any atom is -0.281 e. The standard InChI is InChI=1S/C7H9ClN2O2S/c1-6-2-3-9-4-7(6)10-13(11,12)5-8/h2-4,10H,5H2,1H3. The zero-order valence-corrected chi connectivity index (χ0v) is 8.56. The van der Waals surface area contributed by atoms with E-state index in [0.717, 1.165) is 5.56 Å². The summed E-state index contributed by atoms with van der Waals surface area (Å²) in [6.45, 7) is 1.79. The van der Waals surface area contributed by atoms with Crippen LogP contribution < -0.4 is 4.72 Å². The molecule has 0 fully saturated rings. The van der Waals surface area contributed by atoms with E-state index in [1.807, 2.05) is 0 Å². The van der Waals surface area contributed by atoms with Crippen molar-refractivity contribution in [3.05, 3.63) is 24.0 Å². The molecule has 72 valence electrons. The summed E-state index contributed by atoms with van der Waals surface area (Å²) in [6.07, 6.45) is 3.03. The van der Waals surface area contributed by atoms with Crippen molar-refractivity contribution in [1.82, 2.24) is 4.98 Å². The van der Waals surface area contributed by atoms with Gasteiger partial charge in [-0.25, -0.2) is 8.42 Å². The Hall–Kier alpha value is -0.810. The summed E-state index contributed by atoms with van der Waals surface area (Å²) in [6, 6.07) is 1.71. The van der Waals surface area contributed by atoms with E-state index in [9.17, 15) is 8.42 Å². The van der Waals surface area contributed by atoms with Gasteiger partial charge in [-0.1, -0.05) is 0 Å². The highest BCUT2D eigenvalue weighted by molar-refractivity contribution is 7.93. The molecule has 1 N–H and O–H groups in total. The number of pyridine rings is 1. The maximum atomic E-state index is 11.1. The normalized spacial score (nSPS) is 11.2. The highest BCUT2D eigenvalue weighted by atomic mass is 35.5. The number of sulfonamides is 1. The lowest BCUT2D eigenvalue weighted by molar-refractivity contribution is 0.605. The number of hydrogen-bond donors (Lipinski definition) is 1. The summed E-state index contributed by atoms with van der Waals surface area (Å²) >= 11 is 5.22. The quantitative estimate of drug-likeness (QED) is 0.782. The van der Waals surface area contributed by atoms with Crippen molar-refractivity contribution in [2.24, 2.45) is 0 Å². The predicted octanol–water partition coefficient (Wildman–Crippen LogP) is 1.33. The van der Waals surface area contributed by atoms with Crippen LogP contribution in [0.1, 0.15) is 5.56 Å². The van der Waals surface area contributed by atoms with Gasteiger partial charge in [0.15, 0.2) is 0 Å². The Bertz CT molecular complexity index is 391. The minimum atomic E-state index is -3.42. The molecule has 1 aromatic rings. The third-order valence-electron chi connectivity index (χ3n) is 1.45. The molecular formula is C7H9ClN2O2S. The minimum absolute atomic E-state index is 0.457. The van der Waals surface area contributed by atoms with E-state index in [4.69, 9.17) is 11.6 Å². The van der Waals surface area contributed by atoms with Gasteiger partial charge < -0.3 is 0 Å². The third kappa shape index (κ3) is 2.86. The lowest BCUT2D eigenvalue weighted by Crippen LogP contribution is -2.14. The molecule has 0 spiro atoms. The lowest BCUT2D eigenvalue weighted by atomic mass is 10.3. The molecule has 0 radical (unpaired) electrons. The van der Waals surface area contributed by atoms with E-state index in [1.54, 1.807) is 19.2 Å². The maximum Gasteiger partial charge on any atom is 0.246 e. The molecule has 13 heavy (non-hydrogen) atoms. The number of halogens is 1. The molecular weight excluding hydrogens is 212 g/mol. The predicted molar refractivity (Wildman–Crippen MR) is 52.2 cm³/mol. The van der Waals surface area contributed by atoms with E-state index < -0.39 is 15.2 Å². The van der Waals surface area contributed by atoms with Gasteiger partial charge in [-0.05, 0) is 18.6 Å². The van der Waals surface area contributed by atoms with Crippen LogP contribution in [0.15, 0.2) is 18.5 Å². The first kappa shape index (κ1) is 10.3. The van der Waals surface area contributed by atoms with Crippen LogP contribution in [0.25, 0.3) is 0 Å². The number of aromatic nitrogens is 1.